The molecule has 0 spiro atoms. The van der Waals surface area contributed by atoms with Crippen LogP contribution in [0.5, 0.6) is 0 Å². The van der Waals surface area contributed by atoms with Crippen LogP contribution in [0.1, 0.15) is 28.9 Å². The highest BCUT2D eigenvalue weighted by Gasteiger charge is 2.20. The molecular weight excluding hydrogens is 248 g/mol. The lowest BCUT2D eigenvalue weighted by molar-refractivity contribution is 0.849. The average molecular weight is 266 g/mol. The minimum atomic E-state index is 0.700. The zero-order chi connectivity index (χ0) is 14.1. The van der Waals surface area contributed by atoms with Crippen LogP contribution in [-0.2, 0) is 0 Å². The molecule has 0 unspecified atom stereocenters. The van der Waals surface area contributed by atoms with Gasteiger partial charge in [-0.2, -0.15) is 5.10 Å². The van der Waals surface area contributed by atoms with Crippen LogP contribution in [0.25, 0.3) is 0 Å². The fraction of sp³-hybridized carbons (Fsp3) is 0.312. The van der Waals surface area contributed by atoms with E-state index in [4.69, 9.17) is 5.10 Å². The molecule has 0 aliphatic carbocycles. The molecule has 0 amide bonds. The van der Waals surface area contributed by atoms with E-state index in [2.05, 4.69) is 41.2 Å². The lowest BCUT2D eigenvalue weighted by atomic mass is 10.0. The van der Waals surface area contributed by atoms with Gasteiger partial charge >= 0.3 is 0 Å². The van der Waals surface area contributed by atoms with Crippen molar-refractivity contribution in [3.63, 3.8) is 0 Å². The average Bonchev–Trinajstić information content (AvgIpc) is 2.87. The Hall–Kier alpha value is -2.23. The summed E-state index contributed by atoms with van der Waals surface area (Å²) < 4.78 is 0. The molecule has 1 aliphatic rings. The van der Waals surface area contributed by atoms with E-state index in [-0.39, 0.29) is 0 Å². The van der Waals surface area contributed by atoms with Crippen molar-refractivity contribution in [1.82, 2.24) is 9.97 Å². The van der Waals surface area contributed by atoms with E-state index in [1.165, 1.54) is 11.1 Å². The predicted molar refractivity (Wildman–Crippen MR) is 81.2 cm³/mol. The first kappa shape index (κ1) is 12.8. The van der Waals surface area contributed by atoms with Gasteiger partial charge in [0.1, 0.15) is 0 Å². The van der Waals surface area contributed by atoms with Crippen molar-refractivity contribution < 1.29 is 0 Å². The maximum atomic E-state index is 4.70. The maximum Gasteiger partial charge on any atom is 0.246 e. The van der Waals surface area contributed by atoms with Gasteiger partial charge in [0.2, 0.25) is 5.95 Å². The summed E-state index contributed by atoms with van der Waals surface area (Å²) in [6, 6.07) is 10.3. The molecule has 0 atom stereocenters. The van der Waals surface area contributed by atoms with Gasteiger partial charge in [0.05, 0.1) is 12.3 Å². The highest BCUT2D eigenvalue weighted by Crippen LogP contribution is 2.20. The summed E-state index contributed by atoms with van der Waals surface area (Å²) in [5.41, 5.74) is 5.55. The smallest absolute Gasteiger partial charge is 0.231 e. The first-order chi connectivity index (χ1) is 9.63. The Morgan fingerprint density at radius 1 is 1.00 bits per heavy atom. The molecule has 0 radical (unpaired) electrons. The molecule has 1 aliphatic heterocycles. The Bertz CT molecular complexity index is 656. The van der Waals surface area contributed by atoms with Crippen LogP contribution >= 0.6 is 0 Å². The van der Waals surface area contributed by atoms with Crippen molar-refractivity contribution in [2.24, 2.45) is 5.10 Å². The molecule has 2 aromatic rings. The van der Waals surface area contributed by atoms with Gasteiger partial charge in [0.25, 0.3) is 0 Å². The van der Waals surface area contributed by atoms with E-state index in [1.54, 1.807) is 0 Å². The molecule has 102 valence electrons. The van der Waals surface area contributed by atoms with Crippen LogP contribution in [0.2, 0.25) is 0 Å². The maximum absolute atomic E-state index is 4.70. The fourth-order valence-electron chi connectivity index (χ4n) is 2.51. The van der Waals surface area contributed by atoms with Crippen LogP contribution in [0, 0.1) is 20.8 Å². The van der Waals surface area contributed by atoms with Crippen molar-refractivity contribution in [3.05, 3.63) is 52.8 Å². The van der Waals surface area contributed by atoms with Gasteiger partial charge < -0.3 is 0 Å². The van der Waals surface area contributed by atoms with Crippen LogP contribution < -0.4 is 5.01 Å². The van der Waals surface area contributed by atoms with Gasteiger partial charge in [0, 0.05) is 23.4 Å². The van der Waals surface area contributed by atoms with E-state index in [0.717, 1.165) is 30.1 Å². The summed E-state index contributed by atoms with van der Waals surface area (Å²) in [5.74, 6) is 0.700. The second kappa shape index (κ2) is 5.04. The molecule has 20 heavy (non-hydrogen) atoms. The van der Waals surface area contributed by atoms with Gasteiger partial charge in [-0.25, -0.2) is 15.0 Å². The Morgan fingerprint density at radius 3 is 2.40 bits per heavy atom. The molecule has 1 aromatic carbocycles. The van der Waals surface area contributed by atoms with Crippen LogP contribution in [0.4, 0.5) is 5.95 Å². The molecule has 0 fully saturated rings. The SMILES string of the molecule is Cc1cc(C)nc(N2CCC(c3ccccc3C)=N2)n1. The van der Waals surface area contributed by atoms with Crippen LogP contribution in [-0.4, -0.2) is 22.2 Å². The van der Waals surface area contributed by atoms with E-state index in [0.29, 0.717) is 5.95 Å². The monoisotopic (exact) mass is 266 g/mol. The minimum Gasteiger partial charge on any atom is -0.231 e. The molecule has 0 saturated carbocycles. The Balaban J connectivity index is 1.93. The Morgan fingerprint density at radius 2 is 1.70 bits per heavy atom. The molecule has 1 aromatic heterocycles. The third-order valence-electron chi connectivity index (χ3n) is 3.46. The topological polar surface area (TPSA) is 41.4 Å². The molecular formula is C16H18N4. The first-order valence-electron chi connectivity index (χ1n) is 6.87. The van der Waals surface area contributed by atoms with Crippen LogP contribution in [0.15, 0.2) is 35.4 Å². The summed E-state index contributed by atoms with van der Waals surface area (Å²) in [7, 11) is 0. The number of hydrazone groups is 1. The molecule has 3 rings (SSSR count). The van der Waals surface area contributed by atoms with E-state index in [9.17, 15) is 0 Å². The largest absolute Gasteiger partial charge is 0.246 e. The number of aromatic nitrogens is 2. The summed E-state index contributed by atoms with van der Waals surface area (Å²) >= 11 is 0. The highest BCUT2D eigenvalue weighted by molar-refractivity contribution is 6.03. The normalized spacial score (nSPS) is 14.6. The van der Waals surface area contributed by atoms with Crippen LogP contribution in [0.3, 0.4) is 0 Å². The fourth-order valence-corrected chi connectivity index (χ4v) is 2.51. The Labute approximate surface area is 119 Å². The number of nitrogens with zero attached hydrogens (tertiary/aromatic N) is 4. The van der Waals surface area contributed by atoms with Gasteiger partial charge in [0.15, 0.2) is 0 Å². The van der Waals surface area contributed by atoms with Gasteiger partial charge in [-0.3, -0.25) is 0 Å². The molecule has 0 bridgehead atoms. The zero-order valence-corrected chi connectivity index (χ0v) is 12.1. The van der Waals surface area contributed by atoms with Gasteiger partial charge in [-0.1, -0.05) is 24.3 Å². The molecule has 4 nitrogen and oxygen atoms in total. The van der Waals surface area contributed by atoms with E-state index >= 15 is 0 Å². The number of hydrogen-bond donors (Lipinski definition) is 0. The van der Waals surface area contributed by atoms with Crippen molar-refractivity contribution in [1.29, 1.82) is 0 Å². The number of benzene rings is 1. The lowest BCUT2D eigenvalue weighted by Crippen LogP contribution is -2.16. The second-order valence-electron chi connectivity index (χ2n) is 5.19. The third kappa shape index (κ3) is 2.41. The van der Waals surface area contributed by atoms with Crippen molar-refractivity contribution in [2.75, 3.05) is 11.6 Å². The number of anilines is 1. The predicted octanol–water partition coefficient (Wildman–Crippen LogP) is 3.02. The third-order valence-corrected chi connectivity index (χ3v) is 3.46. The lowest BCUT2D eigenvalue weighted by Gasteiger charge is -2.12. The highest BCUT2D eigenvalue weighted by atomic mass is 15.5. The van der Waals surface area contributed by atoms with Crippen molar-refractivity contribution in [3.8, 4) is 0 Å². The summed E-state index contributed by atoms with van der Waals surface area (Å²) in [5, 5.41) is 6.60. The van der Waals surface area contributed by atoms with Gasteiger partial charge in [-0.15, -0.1) is 0 Å². The molecule has 2 heterocycles. The van der Waals surface area contributed by atoms with Gasteiger partial charge in [-0.05, 0) is 32.4 Å². The number of hydrogen-bond acceptors (Lipinski definition) is 4. The van der Waals surface area contributed by atoms with Crippen molar-refractivity contribution in [2.45, 2.75) is 27.2 Å². The summed E-state index contributed by atoms with van der Waals surface area (Å²) in [6.07, 6.45) is 0.932. The number of rotatable bonds is 2. The molecule has 4 heteroatoms. The quantitative estimate of drug-likeness (QED) is 0.839. The standard InChI is InChI=1S/C16H18N4/c1-11-6-4-5-7-14(11)15-8-9-20(19-15)16-17-12(2)10-13(3)18-16/h4-7,10H,8-9H2,1-3H3. The number of aryl methyl sites for hydroxylation is 3. The summed E-state index contributed by atoms with van der Waals surface area (Å²) in [4.78, 5) is 8.95. The summed E-state index contributed by atoms with van der Waals surface area (Å²) in [6.45, 7) is 6.93. The molecule has 0 saturated heterocycles. The van der Waals surface area contributed by atoms with E-state index in [1.807, 2.05) is 24.9 Å². The van der Waals surface area contributed by atoms with E-state index < -0.39 is 0 Å². The minimum absolute atomic E-state index is 0.700. The second-order valence-corrected chi connectivity index (χ2v) is 5.19. The Kier molecular flexibility index (Phi) is 3.22. The first-order valence-corrected chi connectivity index (χ1v) is 6.87. The zero-order valence-electron chi connectivity index (χ0n) is 12.1. The van der Waals surface area contributed by atoms with Crippen molar-refractivity contribution >= 4 is 11.7 Å². The molecule has 0 N–H and O–H groups in total.